The zero-order chi connectivity index (χ0) is 16.8. The number of carbonyl (C=O) groups excluding carboxylic acids is 1. The zero-order valence-corrected chi connectivity index (χ0v) is 15.4. The SMILES string of the molecule is CC(=O)c1cc(CN2CCN(CCC(C)C)[C@H](CCO)C2)cs1. The Kier molecular flexibility index (Phi) is 7.21. The van der Waals surface area contributed by atoms with Crippen molar-refractivity contribution < 1.29 is 9.90 Å². The number of piperazine rings is 1. The van der Waals surface area contributed by atoms with E-state index in [1.54, 1.807) is 18.3 Å². The van der Waals surface area contributed by atoms with Gasteiger partial charge < -0.3 is 5.11 Å². The Hall–Kier alpha value is -0.750. The molecule has 2 heterocycles. The van der Waals surface area contributed by atoms with Crippen molar-refractivity contribution in [3.8, 4) is 0 Å². The van der Waals surface area contributed by atoms with Crippen molar-refractivity contribution in [3.63, 3.8) is 0 Å². The van der Waals surface area contributed by atoms with Crippen LogP contribution in [0.4, 0.5) is 0 Å². The number of nitrogens with zero attached hydrogens (tertiary/aromatic N) is 2. The molecule has 1 fully saturated rings. The molecule has 0 bridgehead atoms. The first-order valence-electron chi connectivity index (χ1n) is 8.65. The van der Waals surface area contributed by atoms with Crippen LogP contribution in [0.25, 0.3) is 0 Å². The smallest absolute Gasteiger partial charge is 0.169 e. The largest absolute Gasteiger partial charge is 0.396 e. The fourth-order valence-corrected chi connectivity index (χ4v) is 3.95. The summed E-state index contributed by atoms with van der Waals surface area (Å²) in [5, 5.41) is 11.5. The van der Waals surface area contributed by atoms with Gasteiger partial charge in [0, 0.05) is 38.8 Å². The molecular formula is C18H30N2O2S. The molecular weight excluding hydrogens is 308 g/mol. The van der Waals surface area contributed by atoms with E-state index >= 15 is 0 Å². The quantitative estimate of drug-likeness (QED) is 0.740. The Balaban J connectivity index is 1.90. The van der Waals surface area contributed by atoms with Crippen molar-refractivity contribution in [1.82, 2.24) is 9.80 Å². The van der Waals surface area contributed by atoms with Crippen LogP contribution in [0.15, 0.2) is 11.4 Å². The van der Waals surface area contributed by atoms with Crippen LogP contribution in [0, 0.1) is 5.92 Å². The number of hydrogen-bond donors (Lipinski definition) is 1. The Bertz CT molecular complexity index is 501. The summed E-state index contributed by atoms with van der Waals surface area (Å²) in [7, 11) is 0. The molecule has 0 saturated carbocycles. The van der Waals surface area contributed by atoms with Gasteiger partial charge in [-0.1, -0.05) is 13.8 Å². The van der Waals surface area contributed by atoms with E-state index in [1.807, 2.05) is 6.07 Å². The molecule has 1 atom stereocenters. The maximum Gasteiger partial charge on any atom is 0.169 e. The second kappa shape index (κ2) is 8.92. The molecule has 0 spiro atoms. The molecule has 1 aliphatic heterocycles. The zero-order valence-electron chi connectivity index (χ0n) is 14.6. The van der Waals surface area contributed by atoms with Crippen molar-refractivity contribution in [2.24, 2.45) is 5.92 Å². The first-order chi connectivity index (χ1) is 11.0. The Labute approximate surface area is 144 Å². The third-order valence-electron chi connectivity index (χ3n) is 4.55. The molecule has 1 aliphatic rings. The highest BCUT2D eigenvalue weighted by Crippen LogP contribution is 2.20. The van der Waals surface area contributed by atoms with Crippen LogP contribution in [0.3, 0.4) is 0 Å². The molecule has 0 aliphatic carbocycles. The first kappa shape index (κ1) is 18.6. The lowest BCUT2D eigenvalue weighted by Crippen LogP contribution is -2.53. The standard InChI is InChI=1S/C18H30N2O2S/c1-14(2)4-6-20-8-7-19(12-17(20)5-9-21)11-16-10-18(15(3)22)23-13-16/h10,13-14,17,21H,4-9,11-12H2,1-3H3/t17-/m1/s1. The molecule has 1 saturated heterocycles. The van der Waals surface area contributed by atoms with Gasteiger partial charge in [0.15, 0.2) is 5.78 Å². The van der Waals surface area contributed by atoms with Gasteiger partial charge in [0.25, 0.3) is 0 Å². The summed E-state index contributed by atoms with van der Waals surface area (Å²) in [5.74, 6) is 0.872. The highest BCUT2D eigenvalue weighted by Gasteiger charge is 2.26. The Morgan fingerprint density at radius 3 is 2.83 bits per heavy atom. The predicted octanol–water partition coefficient (Wildman–Crippen LogP) is 2.87. The van der Waals surface area contributed by atoms with Crippen molar-refractivity contribution in [2.45, 2.75) is 46.2 Å². The molecule has 130 valence electrons. The molecule has 1 N–H and O–H groups in total. The van der Waals surface area contributed by atoms with Crippen LogP contribution in [-0.4, -0.2) is 59.5 Å². The van der Waals surface area contributed by atoms with Crippen LogP contribution in [0.5, 0.6) is 0 Å². The number of thiophene rings is 1. The molecule has 0 amide bonds. The monoisotopic (exact) mass is 338 g/mol. The minimum atomic E-state index is 0.151. The summed E-state index contributed by atoms with van der Waals surface area (Å²) in [6.07, 6.45) is 2.06. The van der Waals surface area contributed by atoms with Gasteiger partial charge in [0.1, 0.15) is 0 Å². The topological polar surface area (TPSA) is 43.8 Å². The van der Waals surface area contributed by atoms with E-state index < -0.39 is 0 Å². The number of aliphatic hydroxyl groups excluding tert-OH is 1. The van der Waals surface area contributed by atoms with Gasteiger partial charge in [-0.2, -0.15) is 0 Å². The molecule has 0 aromatic carbocycles. The third kappa shape index (κ3) is 5.68. The van der Waals surface area contributed by atoms with Gasteiger partial charge in [-0.3, -0.25) is 14.6 Å². The Morgan fingerprint density at radius 1 is 1.43 bits per heavy atom. The summed E-state index contributed by atoms with van der Waals surface area (Å²) in [6, 6.07) is 2.47. The predicted molar refractivity (Wildman–Crippen MR) is 96.1 cm³/mol. The molecule has 23 heavy (non-hydrogen) atoms. The average Bonchev–Trinajstić information content (AvgIpc) is 2.95. The van der Waals surface area contributed by atoms with Crippen LogP contribution in [0.1, 0.15) is 48.8 Å². The van der Waals surface area contributed by atoms with E-state index in [2.05, 4.69) is 29.0 Å². The summed E-state index contributed by atoms with van der Waals surface area (Å²) in [4.78, 5) is 17.3. The lowest BCUT2D eigenvalue weighted by molar-refractivity contribution is 0.0524. The molecule has 5 heteroatoms. The third-order valence-corrected chi connectivity index (χ3v) is 5.63. The van der Waals surface area contributed by atoms with E-state index in [0.717, 1.165) is 49.9 Å². The molecule has 0 unspecified atom stereocenters. The fourth-order valence-electron chi connectivity index (χ4n) is 3.14. The maximum atomic E-state index is 11.4. The second-order valence-corrected chi connectivity index (χ2v) is 7.91. The Morgan fingerprint density at radius 2 is 2.22 bits per heavy atom. The van der Waals surface area contributed by atoms with Crippen molar-refractivity contribution in [2.75, 3.05) is 32.8 Å². The highest BCUT2D eigenvalue weighted by atomic mass is 32.1. The van der Waals surface area contributed by atoms with Crippen molar-refractivity contribution in [1.29, 1.82) is 0 Å². The normalized spacial score (nSPS) is 20.3. The molecule has 1 aromatic heterocycles. The van der Waals surface area contributed by atoms with Crippen molar-refractivity contribution in [3.05, 3.63) is 21.9 Å². The maximum absolute atomic E-state index is 11.4. The average molecular weight is 339 g/mol. The van der Waals surface area contributed by atoms with E-state index in [0.29, 0.717) is 6.04 Å². The molecule has 1 aromatic rings. The second-order valence-electron chi connectivity index (χ2n) is 7.00. The highest BCUT2D eigenvalue weighted by molar-refractivity contribution is 7.12. The minimum absolute atomic E-state index is 0.151. The van der Waals surface area contributed by atoms with E-state index in [1.165, 1.54) is 12.0 Å². The molecule has 0 radical (unpaired) electrons. The number of ketones is 1. The van der Waals surface area contributed by atoms with Crippen LogP contribution in [-0.2, 0) is 6.54 Å². The molecule has 4 nitrogen and oxygen atoms in total. The van der Waals surface area contributed by atoms with Gasteiger partial charge in [-0.05, 0) is 49.2 Å². The van der Waals surface area contributed by atoms with E-state index in [9.17, 15) is 9.90 Å². The van der Waals surface area contributed by atoms with E-state index in [-0.39, 0.29) is 12.4 Å². The summed E-state index contributed by atoms with van der Waals surface area (Å²) in [5.41, 5.74) is 1.23. The van der Waals surface area contributed by atoms with Gasteiger partial charge in [-0.15, -0.1) is 11.3 Å². The number of hydrogen-bond acceptors (Lipinski definition) is 5. The van der Waals surface area contributed by atoms with Gasteiger partial charge in [-0.25, -0.2) is 0 Å². The lowest BCUT2D eigenvalue weighted by Gasteiger charge is -2.41. The minimum Gasteiger partial charge on any atom is -0.396 e. The number of aliphatic hydroxyl groups is 1. The van der Waals surface area contributed by atoms with Gasteiger partial charge in [0.05, 0.1) is 4.88 Å². The summed E-state index contributed by atoms with van der Waals surface area (Å²) >= 11 is 1.54. The van der Waals surface area contributed by atoms with Crippen LogP contribution < -0.4 is 0 Å². The molecule has 2 rings (SSSR count). The lowest BCUT2D eigenvalue weighted by atomic mass is 10.1. The van der Waals surface area contributed by atoms with E-state index in [4.69, 9.17) is 0 Å². The number of rotatable bonds is 8. The van der Waals surface area contributed by atoms with Crippen LogP contribution in [0.2, 0.25) is 0 Å². The number of carbonyl (C=O) groups is 1. The van der Waals surface area contributed by atoms with Gasteiger partial charge in [0.2, 0.25) is 0 Å². The summed E-state index contributed by atoms with van der Waals surface area (Å²) in [6.45, 7) is 11.6. The number of Topliss-reactive ketones (excluding diaryl/α,β-unsaturated/α-hetero) is 1. The fraction of sp³-hybridized carbons (Fsp3) is 0.722. The van der Waals surface area contributed by atoms with Crippen molar-refractivity contribution >= 4 is 17.1 Å². The summed E-state index contributed by atoms with van der Waals surface area (Å²) < 4.78 is 0. The first-order valence-corrected chi connectivity index (χ1v) is 9.53. The van der Waals surface area contributed by atoms with Gasteiger partial charge >= 0.3 is 0 Å². The van der Waals surface area contributed by atoms with Crippen LogP contribution >= 0.6 is 11.3 Å².